The summed E-state index contributed by atoms with van der Waals surface area (Å²) < 4.78 is 37.6. The molecule has 0 spiro atoms. The maximum Gasteiger partial charge on any atom is 0.435 e. The first kappa shape index (κ1) is 12.0. The average Bonchev–Trinajstić information content (AvgIpc) is 2.51. The maximum atomic E-state index is 12.1. The van der Waals surface area contributed by atoms with Crippen molar-refractivity contribution in [3.05, 3.63) is 18.0 Å². The Morgan fingerprint density at radius 2 is 2.20 bits per heavy atom. The van der Waals surface area contributed by atoms with Gasteiger partial charge >= 0.3 is 6.18 Å². The Kier molecular flexibility index (Phi) is 3.67. The number of hydrogen-bond donors (Lipinski definition) is 1. The maximum absolute atomic E-state index is 12.1. The number of alkyl halides is 3. The Labute approximate surface area is 90.1 Å². The van der Waals surface area contributed by atoms with Crippen LogP contribution >= 0.6 is 12.2 Å². The summed E-state index contributed by atoms with van der Waals surface area (Å²) in [6, 6.07) is 0.945. The first-order chi connectivity index (χ1) is 6.89. The predicted octanol–water partition coefficient (Wildman–Crippen LogP) is 1.97. The molecule has 0 saturated carbocycles. The number of hydrogen-bond acceptors (Lipinski definition) is 2. The van der Waals surface area contributed by atoms with Crippen molar-refractivity contribution in [2.24, 2.45) is 5.73 Å². The quantitative estimate of drug-likeness (QED) is 0.814. The molecular weight excluding hydrogens is 227 g/mol. The van der Waals surface area contributed by atoms with Crippen molar-refractivity contribution in [2.45, 2.75) is 25.6 Å². The van der Waals surface area contributed by atoms with Crippen LogP contribution in [0.1, 0.15) is 18.5 Å². The number of aryl methyl sites for hydroxylation is 1. The van der Waals surface area contributed by atoms with Crippen LogP contribution in [0.25, 0.3) is 0 Å². The highest BCUT2D eigenvalue weighted by Gasteiger charge is 2.33. The summed E-state index contributed by atoms with van der Waals surface area (Å²) in [4.78, 5) is 0.359. The van der Waals surface area contributed by atoms with Gasteiger partial charge in [0, 0.05) is 12.7 Å². The van der Waals surface area contributed by atoms with E-state index >= 15 is 0 Å². The zero-order valence-corrected chi connectivity index (χ0v) is 8.61. The highest BCUT2D eigenvalue weighted by atomic mass is 32.1. The van der Waals surface area contributed by atoms with Gasteiger partial charge in [0.2, 0.25) is 0 Å². The highest BCUT2D eigenvalue weighted by molar-refractivity contribution is 7.80. The Hall–Kier alpha value is -1.11. The number of thiocarbonyl (C=S) groups is 1. The van der Waals surface area contributed by atoms with E-state index in [1.807, 2.05) is 0 Å². The molecule has 0 aliphatic rings. The van der Waals surface area contributed by atoms with Crippen molar-refractivity contribution in [3.8, 4) is 0 Å². The van der Waals surface area contributed by atoms with E-state index < -0.39 is 11.9 Å². The second-order valence-electron chi connectivity index (χ2n) is 3.03. The number of nitrogens with two attached hydrogens (primary N) is 1. The average molecular weight is 237 g/mol. The summed E-state index contributed by atoms with van der Waals surface area (Å²) in [7, 11) is 0. The molecular formula is C8H10F3N3S. The molecule has 1 aromatic heterocycles. The summed E-state index contributed by atoms with van der Waals surface area (Å²) >= 11 is 4.64. The van der Waals surface area contributed by atoms with Gasteiger partial charge < -0.3 is 5.73 Å². The fraction of sp³-hybridized carbons (Fsp3) is 0.500. The molecule has 0 saturated heterocycles. The largest absolute Gasteiger partial charge is 0.435 e. The predicted molar refractivity (Wildman–Crippen MR) is 53.2 cm³/mol. The molecule has 0 aliphatic carbocycles. The van der Waals surface area contributed by atoms with Gasteiger partial charge in [0.15, 0.2) is 5.69 Å². The standard InChI is InChI=1S/C8H10F3N3S/c9-8(10,11)6-3-5-14(13-6)4-1-2-7(12)15/h3,5H,1-2,4H2,(H2,12,15). The minimum atomic E-state index is -4.38. The first-order valence-corrected chi connectivity index (χ1v) is 4.69. The third kappa shape index (κ3) is 3.86. The van der Waals surface area contributed by atoms with Crippen molar-refractivity contribution in [2.75, 3.05) is 0 Å². The van der Waals surface area contributed by atoms with E-state index in [1.165, 1.54) is 10.9 Å². The van der Waals surface area contributed by atoms with E-state index in [9.17, 15) is 13.2 Å². The van der Waals surface area contributed by atoms with E-state index in [2.05, 4.69) is 17.3 Å². The Morgan fingerprint density at radius 1 is 1.53 bits per heavy atom. The van der Waals surface area contributed by atoms with Crippen LogP contribution in [0.3, 0.4) is 0 Å². The fourth-order valence-electron chi connectivity index (χ4n) is 1.05. The van der Waals surface area contributed by atoms with Crippen LogP contribution in [-0.4, -0.2) is 14.8 Å². The lowest BCUT2D eigenvalue weighted by Crippen LogP contribution is -2.11. The normalized spacial score (nSPS) is 11.7. The molecule has 1 aromatic rings. The monoisotopic (exact) mass is 237 g/mol. The van der Waals surface area contributed by atoms with Crippen molar-refractivity contribution < 1.29 is 13.2 Å². The fourth-order valence-corrected chi connectivity index (χ4v) is 1.20. The van der Waals surface area contributed by atoms with E-state index in [0.29, 0.717) is 24.4 Å². The van der Waals surface area contributed by atoms with Crippen LogP contribution in [0.2, 0.25) is 0 Å². The molecule has 1 rings (SSSR count). The summed E-state index contributed by atoms with van der Waals surface area (Å²) in [5.74, 6) is 0. The van der Waals surface area contributed by atoms with Gasteiger partial charge in [0.1, 0.15) is 0 Å². The molecule has 0 bridgehead atoms. The van der Waals surface area contributed by atoms with Crippen molar-refractivity contribution in [1.82, 2.24) is 9.78 Å². The van der Waals surface area contributed by atoms with Crippen molar-refractivity contribution in [3.63, 3.8) is 0 Å². The van der Waals surface area contributed by atoms with Crippen LogP contribution in [0, 0.1) is 0 Å². The molecule has 3 nitrogen and oxygen atoms in total. The van der Waals surface area contributed by atoms with Crippen LogP contribution < -0.4 is 5.73 Å². The summed E-state index contributed by atoms with van der Waals surface area (Å²) in [5.41, 5.74) is 4.38. The molecule has 0 amide bonds. The molecule has 0 fully saturated rings. The Balaban J connectivity index is 2.50. The molecule has 0 aliphatic heterocycles. The van der Waals surface area contributed by atoms with Gasteiger partial charge in [-0.15, -0.1) is 0 Å². The molecule has 2 N–H and O–H groups in total. The molecule has 0 radical (unpaired) electrons. The van der Waals surface area contributed by atoms with Crippen LogP contribution in [0.15, 0.2) is 12.3 Å². The van der Waals surface area contributed by atoms with Gasteiger partial charge in [-0.1, -0.05) is 12.2 Å². The summed E-state index contributed by atoms with van der Waals surface area (Å²) in [6.07, 6.45) is -1.98. The van der Waals surface area contributed by atoms with Gasteiger partial charge in [-0.05, 0) is 18.9 Å². The number of aromatic nitrogens is 2. The minimum Gasteiger partial charge on any atom is -0.393 e. The molecule has 0 atom stereocenters. The van der Waals surface area contributed by atoms with E-state index in [4.69, 9.17) is 5.73 Å². The molecule has 7 heteroatoms. The highest BCUT2D eigenvalue weighted by Crippen LogP contribution is 2.27. The SMILES string of the molecule is NC(=S)CCCn1ccc(C(F)(F)F)n1. The minimum absolute atomic E-state index is 0.359. The van der Waals surface area contributed by atoms with Crippen molar-refractivity contribution >= 4 is 17.2 Å². The zero-order valence-electron chi connectivity index (χ0n) is 7.79. The topological polar surface area (TPSA) is 43.8 Å². The van der Waals surface area contributed by atoms with E-state index in [-0.39, 0.29) is 0 Å². The van der Waals surface area contributed by atoms with Gasteiger partial charge in [-0.2, -0.15) is 18.3 Å². The molecule has 84 valence electrons. The smallest absolute Gasteiger partial charge is 0.393 e. The lowest BCUT2D eigenvalue weighted by molar-refractivity contribution is -0.141. The zero-order chi connectivity index (χ0) is 11.5. The summed E-state index contributed by atoms with van der Waals surface area (Å²) in [5, 5.41) is 3.39. The van der Waals surface area contributed by atoms with Gasteiger partial charge in [-0.25, -0.2) is 0 Å². The van der Waals surface area contributed by atoms with Crippen LogP contribution in [-0.2, 0) is 12.7 Å². The molecule has 15 heavy (non-hydrogen) atoms. The molecule has 0 aromatic carbocycles. The Bertz CT molecular complexity index is 345. The van der Waals surface area contributed by atoms with Crippen LogP contribution in [0.4, 0.5) is 13.2 Å². The second-order valence-corrected chi connectivity index (χ2v) is 3.56. The van der Waals surface area contributed by atoms with Crippen LogP contribution in [0.5, 0.6) is 0 Å². The lowest BCUT2D eigenvalue weighted by atomic mass is 10.3. The van der Waals surface area contributed by atoms with Crippen molar-refractivity contribution in [1.29, 1.82) is 0 Å². The second kappa shape index (κ2) is 4.61. The third-order valence-corrected chi connectivity index (χ3v) is 1.95. The van der Waals surface area contributed by atoms with Gasteiger partial charge in [0.25, 0.3) is 0 Å². The molecule has 0 unspecified atom stereocenters. The third-order valence-electron chi connectivity index (χ3n) is 1.74. The molecule has 1 heterocycles. The van der Waals surface area contributed by atoms with E-state index in [0.717, 1.165) is 6.07 Å². The summed E-state index contributed by atoms with van der Waals surface area (Å²) in [6.45, 7) is 0.382. The van der Waals surface area contributed by atoms with E-state index in [1.54, 1.807) is 0 Å². The number of halogens is 3. The Morgan fingerprint density at radius 3 is 2.67 bits per heavy atom. The van der Waals surface area contributed by atoms with Gasteiger partial charge in [0.05, 0.1) is 4.99 Å². The lowest BCUT2D eigenvalue weighted by Gasteiger charge is -2.02. The number of nitrogens with zero attached hydrogens (tertiary/aromatic N) is 2. The number of rotatable bonds is 4. The first-order valence-electron chi connectivity index (χ1n) is 4.28. The van der Waals surface area contributed by atoms with Gasteiger partial charge in [-0.3, -0.25) is 4.68 Å².